The molecule has 3 amide bonds. The molecule has 1 atom stereocenters. The fourth-order valence-electron chi connectivity index (χ4n) is 2.42. The Bertz CT molecular complexity index is 565. The normalized spacial score (nSPS) is 23.5. The van der Waals surface area contributed by atoms with Crippen molar-refractivity contribution in [2.45, 2.75) is 38.6 Å². The molecule has 3 N–H and O–H groups in total. The van der Waals surface area contributed by atoms with Crippen LogP contribution >= 0.6 is 0 Å². The minimum absolute atomic E-state index is 0.162. The van der Waals surface area contributed by atoms with E-state index < -0.39 is 12.1 Å². The number of amides is 3. The highest BCUT2D eigenvalue weighted by atomic mass is 16.2. The van der Waals surface area contributed by atoms with Crippen molar-refractivity contribution >= 4 is 17.8 Å². The number of carbonyl (C=O) groups excluding carboxylic acids is 2. The average Bonchev–Trinajstić information content (AvgIpc) is 3.24. The molecule has 2 aliphatic rings. The largest absolute Gasteiger partial charge is 0.354 e. The topological polar surface area (TPSA) is 96.0 Å². The molecule has 1 aliphatic carbocycles. The first-order valence-corrected chi connectivity index (χ1v) is 7.14. The molecule has 2 fully saturated rings. The van der Waals surface area contributed by atoms with Crippen LogP contribution in [0.25, 0.3) is 0 Å². The molecule has 0 spiro atoms. The van der Waals surface area contributed by atoms with E-state index in [9.17, 15) is 9.59 Å². The maximum absolute atomic E-state index is 12.0. The van der Waals surface area contributed by atoms with Gasteiger partial charge in [0, 0.05) is 17.9 Å². The molecular weight excluding hydrogens is 270 g/mol. The van der Waals surface area contributed by atoms with Crippen molar-refractivity contribution in [2.24, 2.45) is 5.41 Å². The Balaban J connectivity index is 1.59. The van der Waals surface area contributed by atoms with Crippen molar-refractivity contribution in [3.05, 3.63) is 17.8 Å². The summed E-state index contributed by atoms with van der Waals surface area (Å²) in [4.78, 5) is 23.7. The molecule has 7 nitrogen and oxygen atoms in total. The Morgan fingerprint density at radius 3 is 2.62 bits per heavy atom. The fourth-order valence-corrected chi connectivity index (χ4v) is 2.42. The third kappa shape index (κ3) is 2.96. The lowest BCUT2D eigenvalue weighted by molar-refractivity contribution is -0.121. The Labute approximate surface area is 122 Å². The highest BCUT2D eigenvalue weighted by molar-refractivity contribution is 5.94. The van der Waals surface area contributed by atoms with Gasteiger partial charge in [-0.25, -0.2) is 4.79 Å². The van der Waals surface area contributed by atoms with Crippen LogP contribution in [0.5, 0.6) is 0 Å². The maximum atomic E-state index is 12.0. The zero-order valence-corrected chi connectivity index (χ0v) is 12.1. The van der Waals surface area contributed by atoms with Gasteiger partial charge in [-0.05, 0) is 25.0 Å². The van der Waals surface area contributed by atoms with E-state index in [-0.39, 0.29) is 11.3 Å². The lowest BCUT2D eigenvalue weighted by Gasteiger charge is -2.24. The minimum atomic E-state index is -0.545. The van der Waals surface area contributed by atoms with Crippen molar-refractivity contribution in [1.29, 1.82) is 0 Å². The predicted octanol–water partition coefficient (Wildman–Crippen LogP) is 1.00. The van der Waals surface area contributed by atoms with Crippen LogP contribution in [0.3, 0.4) is 0 Å². The summed E-state index contributed by atoms with van der Waals surface area (Å²) in [5.74, 6) is 0.752. The number of urea groups is 1. The molecule has 1 aliphatic heterocycles. The standard InChI is InChI=1S/C14H19N5O2/c1-14(2)7-15-12(20)11(14)17-13(21)16-10-6-5-9(18-19-10)8-3-4-8/h5-6,8,11H,3-4,7H2,1-2H3,(H,15,20)(H2,16,17,19,21). The van der Waals surface area contributed by atoms with Gasteiger partial charge in [0.1, 0.15) is 6.04 Å². The van der Waals surface area contributed by atoms with Crippen LogP contribution in [0, 0.1) is 5.41 Å². The van der Waals surface area contributed by atoms with Crippen molar-refractivity contribution in [3.8, 4) is 0 Å². The highest BCUT2D eigenvalue weighted by Crippen LogP contribution is 2.38. The van der Waals surface area contributed by atoms with Crippen LogP contribution in [-0.2, 0) is 4.79 Å². The number of rotatable bonds is 3. The first-order chi connectivity index (χ1) is 9.95. The first kappa shape index (κ1) is 13.8. The average molecular weight is 289 g/mol. The van der Waals surface area contributed by atoms with Crippen LogP contribution in [0.4, 0.5) is 10.6 Å². The van der Waals surface area contributed by atoms with E-state index in [1.165, 1.54) is 0 Å². The summed E-state index contributed by atoms with van der Waals surface area (Å²) in [6, 6.07) is 2.63. The van der Waals surface area contributed by atoms with Crippen molar-refractivity contribution in [1.82, 2.24) is 20.8 Å². The summed E-state index contributed by atoms with van der Waals surface area (Å²) >= 11 is 0. The van der Waals surface area contributed by atoms with Gasteiger partial charge in [0.15, 0.2) is 5.82 Å². The smallest absolute Gasteiger partial charge is 0.321 e. The van der Waals surface area contributed by atoms with Gasteiger partial charge in [0.05, 0.1) is 5.69 Å². The number of nitrogens with zero attached hydrogens (tertiary/aromatic N) is 2. The summed E-state index contributed by atoms with van der Waals surface area (Å²) in [5.41, 5.74) is 0.660. The monoisotopic (exact) mass is 289 g/mol. The van der Waals surface area contributed by atoms with Gasteiger partial charge in [0.25, 0.3) is 0 Å². The Morgan fingerprint density at radius 1 is 1.33 bits per heavy atom. The number of nitrogens with one attached hydrogen (secondary N) is 3. The Morgan fingerprint density at radius 2 is 2.10 bits per heavy atom. The molecule has 0 radical (unpaired) electrons. The molecule has 1 aromatic heterocycles. The third-order valence-electron chi connectivity index (χ3n) is 3.96. The van der Waals surface area contributed by atoms with E-state index in [2.05, 4.69) is 26.1 Å². The predicted molar refractivity (Wildman–Crippen MR) is 76.7 cm³/mol. The van der Waals surface area contributed by atoms with Crippen LogP contribution in [0.15, 0.2) is 12.1 Å². The minimum Gasteiger partial charge on any atom is -0.354 e. The molecule has 1 aromatic rings. The van der Waals surface area contributed by atoms with E-state index in [0.29, 0.717) is 18.3 Å². The van der Waals surface area contributed by atoms with E-state index in [4.69, 9.17) is 0 Å². The number of aromatic nitrogens is 2. The van der Waals surface area contributed by atoms with Crippen LogP contribution in [0.1, 0.15) is 38.3 Å². The number of anilines is 1. The second kappa shape index (κ2) is 4.98. The molecule has 1 saturated carbocycles. The van der Waals surface area contributed by atoms with Gasteiger partial charge in [-0.1, -0.05) is 13.8 Å². The van der Waals surface area contributed by atoms with Gasteiger partial charge in [-0.15, -0.1) is 5.10 Å². The number of hydrogen-bond donors (Lipinski definition) is 3. The van der Waals surface area contributed by atoms with Gasteiger partial charge in [-0.2, -0.15) is 5.10 Å². The van der Waals surface area contributed by atoms with Gasteiger partial charge < -0.3 is 10.6 Å². The van der Waals surface area contributed by atoms with Gasteiger partial charge in [0.2, 0.25) is 5.91 Å². The number of hydrogen-bond acceptors (Lipinski definition) is 4. The lowest BCUT2D eigenvalue weighted by atomic mass is 9.87. The van der Waals surface area contributed by atoms with E-state index in [1.54, 1.807) is 6.07 Å². The molecule has 0 bridgehead atoms. The molecule has 21 heavy (non-hydrogen) atoms. The maximum Gasteiger partial charge on any atom is 0.321 e. The molecule has 1 saturated heterocycles. The van der Waals surface area contributed by atoms with Crippen LogP contribution < -0.4 is 16.0 Å². The second-order valence-corrected chi connectivity index (χ2v) is 6.36. The van der Waals surface area contributed by atoms with Crippen molar-refractivity contribution in [2.75, 3.05) is 11.9 Å². The molecule has 7 heteroatoms. The molecule has 112 valence electrons. The lowest BCUT2D eigenvalue weighted by Crippen LogP contribution is -2.48. The van der Waals surface area contributed by atoms with Crippen LogP contribution in [0.2, 0.25) is 0 Å². The summed E-state index contributed by atoms with van der Waals surface area (Å²) < 4.78 is 0. The van der Waals surface area contributed by atoms with Crippen LogP contribution in [-0.4, -0.2) is 34.7 Å². The van der Waals surface area contributed by atoms with E-state index >= 15 is 0 Å². The first-order valence-electron chi connectivity index (χ1n) is 7.14. The summed E-state index contributed by atoms with van der Waals surface area (Å²) in [6.07, 6.45) is 2.32. The zero-order valence-electron chi connectivity index (χ0n) is 12.1. The Kier molecular flexibility index (Phi) is 3.27. The third-order valence-corrected chi connectivity index (χ3v) is 3.96. The highest BCUT2D eigenvalue weighted by Gasteiger charge is 2.42. The molecule has 2 heterocycles. The fraction of sp³-hybridized carbons (Fsp3) is 0.571. The second-order valence-electron chi connectivity index (χ2n) is 6.36. The van der Waals surface area contributed by atoms with Gasteiger partial charge in [-0.3, -0.25) is 10.1 Å². The molecule has 0 aromatic carbocycles. The molecule has 1 unspecified atom stereocenters. The summed E-state index contributed by atoms with van der Waals surface area (Å²) in [7, 11) is 0. The van der Waals surface area contributed by atoms with Crippen molar-refractivity contribution < 1.29 is 9.59 Å². The zero-order chi connectivity index (χ0) is 15.0. The summed E-state index contributed by atoms with van der Waals surface area (Å²) in [6.45, 7) is 4.41. The molecular formula is C14H19N5O2. The van der Waals surface area contributed by atoms with E-state index in [0.717, 1.165) is 18.5 Å². The van der Waals surface area contributed by atoms with Crippen molar-refractivity contribution in [3.63, 3.8) is 0 Å². The Hall–Kier alpha value is -2.18. The van der Waals surface area contributed by atoms with E-state index in [1.807, 2.05) is 19.9 Å². The quantitative estimate of drug-likeness (QED) is 0.773. The summed E-state index contributed by atoms with van der Waals surface area (Å²) in [5, 5.41) is 16.1. The number of carbonyl (C=O) groups is 2. The molecule has 3 rings (SSSR count). The SMILES string of the molecule is CC1(C)CNC(=O)C1NC(=O)Nc1ccc(C2CC2)nn1. The van der Waals surface area contributed by atoms with Gasteiger partial charge >= 0.3 is 6.03 Å².